The Morgan fingerprint density at radius 1 is 1.17 bits per heavy atom. The van der Waals surface area contributed by atoms with Gasteiger partial charge in [-0.15, -0.1) is 0 Å². The van der Waals surface area contributed by atoms with Gasteiger partial charge in [-0.3, -0.25) is 4.79 Å². The molecule has 2 aliphatic heterocycles. The van der Waals surface area contributed by atoms with Gasteiger partial charge in [0, 0.05) is 26.2 Å². The summed E-state index contributed by atoms with van der Waals surface area (Å²) >= 11 is 0. The van der Waals surface area contributed by atoms with Gasteiger partial charge in [-0.05, 0) is 55.9 Å². The minimum absolute atomic E-state index is 0.0572. The third kappa shape index (κ3) is 5.14. The molecule has 1 unspecified atom stereocenters. The van der Waals surface area contributed by atoms with Gasteiger partial charge in [-0.2, -0.15) is 0 Å². The lowest BCUT2D eigenvalue weighted by molar-refractivity contribution is -0.202. The Labute approximate surface area is 178 Å². The summed E-state index contributed by atoms with van der Waals surface area (Å²) in [6.45, 7) is 5.53. The smallest absolute Gasteiger partial charge is 0.265 e. The highest BCUT2D eigenvalue weighted by Crippen LogP contribution is 2.36. The number of ether oxygens (including phenoxy) is 3. The zero-order valence-corrected chi connectivity index (χ0v) is 18.4. The fourth-order valence-electron chi connectivity index (χ4n) is 3.54. The lowest BCUT2D eigenvalue weighted by Crippen LogP contribution is -2.56. The molecule has 1 atom stereocenters. The number of nitrogens with one attached hydrogen (secondary N) is 1. The van der Waals surface area contributed by atoms with Crippen LogP contribution in [-0.4, -0.2) is 51.8 Å². The van der Waals surface area contributed by atoms with Gasteiger partial charge < -0.3 is 14.2 Å². The molecule has 2 saturated heterocycles. The van der Waals surface area contributed by atoms with E-state index >= 15 is 0 Å². The molecule has 30 heavy (non-hydrogen) atoms. The molecule has 0 radical (unpaired) electrons. The normalized spacial score (nSPS) is 21.9. The van der Waals surface area contributed by atoms with Crippen LogP contribution in [0.25, 0.3) is 0 Å². The van der Waals surface area contributed by atoms with Crippen molar-refractivity contribution in [2.45, 2.75) is 61.9 Å². The number of carbonyl (C=O) groups excluding carboxylic acids is 1. The highest BCUT2D eigenvalue weighted by Gasteiger charge is 2.52. The molecular weight excluding hydrogens is 410 g/mol. The van der Waals surface area contributed by atoms with Crippen LogP contribution in [0.2, 0.25) is 0 Å². The molecule has 2 heterocycles. The van der Waals surface area contributed by atoms with E-state index in [9.17, 15) is 13.2 Å². The molecule has 2 fully saturated rings. The highest BCUT2D eigenvalue weighted by atomic mass is 32.2. The van der Waals surface area contributed by atoms with Crippen LogP contribution < -0.4 is 10.2 Å². The SMILES string of the molecule is CC(C)COc1ccc(S(=O)(=O)C2(C(=O)NOC3CCCCO3)CCOCC2)cc1. The number of sulfone groups is 1. The molecular formula is C21H31NO7S. The van der Waals surface area contributed by atoms with Gasteiger partial charge in [0.25, 0.3) is 5.91 Å². The molecule has 1 amide bonds. The predicted molar refractivity (Wildman–Crippen MR) is 110 cm³/mol. The average Bonchev–Trinajstić information content (AvgIpc) is 2.77. The van der Waals surface area contributed by atoms with Crippen LogP contribution in [0, 0.1) is 5.92 Å². The first-order valence-electron chi connectivity index (χ1n) is 10.5. The lowest BCUT2D eigenvalue weighted by Gasteiger charge is -2.35. The Morgan fingerprint density at radius 2 is 1.87 bits per heavy atom. The summed E-state index contributed by atoms with van der Waals surface area (Å²) in [5.74, 6) is 0.266. The summed E-state index contributed by atoms with van der Waals surface area (Å²) in [7, 11) is -3.99. The first kappa shape index (κ1) is 23.0. The fraction of sp³-hybridized carbons (Fsp3) is 0.667. The van der Waals surface area contributed by atoms with Crippen molar-refractivity contribution in [3.63, 3.8) is 0 Å². The number of hydroxylamine groups is 1. The van der Waals surface area contributed by atoms with Crippen molar-refractivity contribution in [3.8, 4) is 5.75 Å². The van der Waals surface area contributed by atoms with Crippen LogP contribution in [0.1, 0.15) is 46.0 Å². The summed E-state index contributed by atoms with van der Waals surface area (Å²) < 4.78 is 41.8. The molecule has 8 nitrogen and oxygen atoms in total. The number of benzene rings is 1. The molecule has 1 N–H and O–H groups in total. The molecule has 2 aliphatic rings. The molecule has 1 aromatic rings. The van der Waals surface area contributed by atoms with Gasteiger partial charge in [0.2, 0.25) is 0 Å². The summed E-state index contributed by atoms with van der Waals surface area (Å²) in [6.07, 6.45) is 2.09. The third-order valence-corrected chi connectivity index (χ3v) is 7.88. The second-order valence-corrected chi connectivity index (χ2v) is 10.4. The van der Waals surface area contributed by atoms with E-state index in [1.165, 1.54) is 12.1 Å². The maximum atomic E-state index is 13.5. The fourth-order valence-corrected chi connectivity index (χ4v) is 5.47. The van der Waals surface area contributed by atoms with Crippen LogP contribution in [0.3, 0.4) is 0 Å². The lowest BCUT2D eigenvalue weighted by atomic mass is 9.98. The van der Waals surface area contributed by atoms with E-state index in [0.29, 0.717) is 31.3 Å². The molecule has 168 valence electrons. The monoisotopic (exact) mass is 441 g/mol. The molecule has 9 heteroatoms. The Hall–Kier alpha value is -1.68. The number of amides is 1. The Balaban J connectivity index is 1.77. The zero-order chi connectivity index (χ0) is 21.6. The minimum atomic E-state index is -3.99. The van der Waals surface area contributed by atoms with Crippen LogP contribution in [-0.2, 0) is 28.9 Å². The maximum Gasteiger partial charge on any atom is 0.265 e. The standard InChI is InChI=1S/C21H31NO7S/c1-16(2)15-28-17-6-8-18(9-7-17)30(24,25)21(10-13-26-14-11-21)20(23)22-29-19-5-3-4-12-27-19/h6-9,16,19H,3-5,10-15H2,1-2H3,(H,22,23). The van der Waals surface area contributed by atoms with Crippen molar-refractivity contribution in [1.29, 1.82) is 0 Å². The Bertz CT molecular complexity index is 795. The summed E-state index contributed by atoms with van der Waals surface area (Å²) in [5.41, 5.74) is 2.36. The van der Waals surface area contributed by atoms with Crippen molar-refractivity contribution in [2.75, 3.05) is 26.4 Å². The van der Waals surface area contributed by atoms with Gasteiger partial charge in [0.15, 0.2) is 20.9 Å². The third-order valence-electron chi connectivity index (χ3n) is 5.37. The van der Waals surface area contributed by atoms with Gasteiger partial charge in [-0.25, -0.2) is 18.7 Å². The topological polar surface area (TPSA) is 100 Å². The van der Waals surface area contributed by atoms with Crippen molar-refractivity contribution < 1.29 is 32.3 Å². The van der Waals surface area contributed by atoms with Crippen molar-refractivity contribution in [1.82, 2.24) is 5.48 Å². The maximum absolute atomic E-state index is 13.5. The molecule has 1 aromatic carbocycles. The first-order valence-corrected chi connectivity index (χ1v) is 12.0. The van der Waals surface area contributed by atoms with Crippen LogP contribution >= 0.6 is 0 Å². The van der Waals surface area contributed by atoms with E-state index in [4.69, 9.17) is 19.0 Å². The molecule has 0 aliphatic carbocycles. The van der Waals surface area contributed by atoms with Crippen LogP contribution in [0.5, 0.6) is 5.75 Å². The Kier molecular flexibility index (Phi) is 7.73. The van der Waals surface area contributed by atoms with Crippen molar-refractivity contribution in [3.05, 3.63) is 24.3 Å². The number of hydrogen-bond donors (Lipinski definition) is 1. The molecule has 0 aromatic heterocycles. The zero-order valence-electron chi connectivity index (χ0n) is 17.6. The van der Waals surface area contributed by atoms with Crippen molar-refractivity contribution in [2.24, 2.45) is 5.92 Å². The first-order chi connectivity index (χ1) is 14.3. The summed E-state index contributed by atoms with van der Waals surface area (Å²) in [4.78, 5) is 18.5. The van der Waals surface area contributed by atoms with E-state index in [1.54, 1.807) is 12.1 Å². The minimum Gasteiger partial charge on any atom is -0.493 e. The Morgan fingerprint density at radius 3 is 2.47 bits per heavy atom. The van der Waals surface area contributed by atoms with Crippen LogP contribution in [0.15, 0.2) is 29.2 Å². The van der Waals surface area contributed by atoms with Crippen molar-refractivity contribution >= 4 is 15.7 Å². The van der Waals surface area contributed by atoms with Gasteiger partial charge in [-0.1, -0.05) is 13.8 Å². The van der Waals surface area contributed by atoms with Gasteiger partial charge in [0.05, 0.1) is 11.5 Å². The molecule has 0 bridgehead atoms. The molecule has 3 rings (SSSR count). The second-order valence-electron chi connectivity index (χ2n) is 8.13. The molecule has 0 saturated carbocycles. The highest BCUT2D eigenvalue weighted by molar-refractivity contribution is 7.93. The van der Waals surface area contributed by atoms with E-state index in [0.717, 1.165) is 12.8 Å². The largest absolute Gasteiger partial charge is 0.493 e. The van der Waals surface area contributed by atoms with E-state index < -0.39 is 26.8 Å². The quantitative estimate of drug-likeness (QED) is 0.619. The number of rotatable bonds is 8. The van der Waals surface area contributed by atoms with E-state index in [2.05, 4.69) is 5.48 Å². The molecule has 0 spiro atoms. The second kappa shape index (κ2) is 10.1. The van der Waals surface area contributed by atoms with Gasteiger partial charge >= 0.3 is 0 Å². The summed E-state index contributed by atoms with van der Waals surface area (Å²) in [5, 5.41) is 0. The number of hydrogen-bond acceptors (Lipinski definition) is 7. The van der Waals surface area contributed by atoms with E-state index in [1.807, 2.05) is 13.8 Å². The van der Waals surface area contributed by atoms with E-state index in [-0.39, 0.29) is 31.0 Å². The van der Waals surface area contributed by atoms with Crippen LogP contribution in [0.4, 0.5) is 0 Å². The predicted octanol–water partition coefficient (Wildman–Crippen LogP) is 2.62. The van der Waals surface area contributed by atoms with Gasteiger partial charge in [0.1, 0.15) is 5.75 Å². The average molecular weight is 442 g/mol. The summed E-state index contributed by atoms with van der Waals surface area (Å²) in [6, 6.07) is 6.21. The number of carbonyl (C=O) groups is 1.